The minimum atomic E-state index is -3.88. The molecule has 0 bridgehead atoms. The summed E-state index contributed by atoms with van der Waals surface area (Å²) in [6.45, 7) is 1.33. The summed E-state index contributed by atoms with van der Waals surface area (Å²) in [7, 11) is -3.88. The molecule has 1 amide bonds. The number of amides is 1. The van der Waals surface area contributed by atoms with Gasteiger partial charge >= 0.3 is 0 Å². The average Bonchev–Trinajstić information content (AvgIpc) is 3.34. The number of halogens is 1. The van der Waals surface area contributed by atoms with Crippen LogP contribution in [0.2, 0.25) is 5.02 Å². The maximum Gasteiger partial charge on any atom is 0.251 e. The number of nitrogens with one attached hydrogen (secondary N) is 2. The molecule has 0 aliphatic carbocycles. The van der Waals surface area contributed by atoms with Gasteiger partial charge in [-0.05, 0) is 53.9 Å². The minimum Gasteiger partial charge on any atom is -0.492 e. The molecule has 174 valence electrons. The van der Waals surface area contributed by atoms with E-state index in [1.54, 1.807) is 0 Å². The predicted octanol–water partition coefficient (Wildman–Crippen LogP) is 3.76. The number of hydrogen-bond donors (Lipinski definition) is 2. The Hall–Kier alpha value is -2.65. The Labute approximate surface area is 198 Å². The molecule has 1 aliphatic heterocycles. The lowest BCUT2D eigenvalue weighted by molar-refractivity contribution is 0.0946. The number of carbonyl (C=O) groups excluding carboxylic acids is 1. The first-order valence-corrected chi connectivity index (χ1v) is 12.6. The van der Waals surface area contributed by atoms with Gasteiger partial charge in [0.05, 0.1) is 17.7 Å². The van der Waals surface area contributed by atoms with Crippen molar-refractivity contribution in [1.82, 2.24) is 10.0 Å². The molecule has 3 aromatic carbocycles. The highest BCUT2D eigenvalue weighted by atomic mass is 35.5. The monoisotopic (exact) mass is 488 g/mol. The zero-order valence-corrected chi connectivity index (χ0v) is 19.5. The maximum atomic E-state index is 12.7. The van der Waals surface area contributed by atoms with Gasteiger partial charge in [-0.2, -0.15) is 0 Å². The van der Waals surface area contributed by atoms with Crippen molar-refractivity contribution in [2.75, 3.05) is 26.3 Å². The van der Waals surface area contributed by atoms with Gasteiger partial charge in [0, 0.05) is 18.7 Å². The smallest absolute Gasteiger partial charge is 0.251 e. The van der Waals surface area contributed by atoms with Crippen LogP contribution in [0, 0.1) is 0 Å². The van der Waals surface area contributed by atoms with Crippen molar-refractivity contribution in [2.24, 2.45) is 0 Å². The number of fused-ring (bicyclic) bond motifs is 1. The van der Waals surface area contributed by atoms with Crippen LogP contribution in [-0.4, -0.2) is 46.7 Å². The zero-order valence-electron chi connectivity index (χ0n) is 17.9. The van der Waals surface area contributed by atoms with E-state index in [9.17, 15) is 13.2 Å². The van der Waals surface area contributed by atoms with Gasteiger partial charge in [-0.1, -0.05) is 41.9 Å². The lowest BCUT2D eigenvalue weighted by Crippen LogP contribution is -2.32. The van der Waals surface area contributed by atoms with Gasteiger partial charge in [-0.3, -0.25) is 4.79 Å². The average molecular weight is 489 g/mol. The summed E-state index contributed by atoms with van der Waals surface area (Å²) < 4.78 is 39.1. The molecule has 3 aromatic rings. The third-order valence-corrected chi connectivity index (χ3v) is 7.29. The van der Waals surface area contributed by atoms with Gasteiger partial charge in [0.25, 0.3) is 5.91 Å². The molecule has 1 unspecified atom stereocenters. The third-order valence-electron chi connectivity index (χ3n) is 5.39. The van der Waals surface area contributed by atoms with Crippen molar-refractivity contribution >= 4 is 38.3 Å². The van der Waals surface area contributed by atoms with Crippen molar-refractivity contribution < 1.29 is 22.7 Å². The van der Waals surface area contributed by atoms with Crippen LogP contribution >= 0.6 is 11.6 Å². The number of benzene rings is 3. The lowest BCUT2D eigenvalue weighted by atomic mass is 10.1. The highest BCUT2D eigenvalue weighted by molar-refractivity contribution is 7.89. The summed E-state index contributed by atoms with van der Waals surface area (Å²) in [6, 6.07) is 17.9. The Morgan fingerprint density at radius 3 is 2.70 bits per heavy atom. The maximum absolute atomic E-state index is 12.7. The molecule has 1 heterocycles. The van der Waals surface area contributed by atoms with E-state index in [0.29, 0.717) is 12.4 Å². The Morgan fingerprint density at radius 2 is 1.91 bits per heavy atom. The number of hydrogen-bond acceptors (Lipinski definition) is 5. The molecule has 0 aromatic heterocycles. The van der Waals surface area contributed by atoms with Crippen LogP contribution in [0.4, 0.5) is 0 Å². The van der Waals surface area contributed by atoms with Crippen molar-refractivity contribution in [3.63, 3.8) is 0 Å². The molecular formula is C24H25ClN2O5S. The SMILES string of the molecule is O=C(NCCOc1ccc2ccccc2c1)c1ccc(Cl)c(S(=O)(=O)NCC2CCCO2)c1. The zero-order chi connectivity index (χ0) is 23.3. The third kappa shape index (κ3) is 6.03. The van der Waals surface area contributed by atoms with Crippen LogP contribution < -0.4 is 14.8 Å². The van der Waals surface area contributed by atoms with E-state index >= 15 is 0 Å². The summed E-state index contributed by atoms with van der Waals surface area (Å²) in [5, 5.41) is 4.98. The van der Waals surface area contributed by atoms with Gasteiger partial charge in [-0.15, -0.1) is 0 Å². The van der Waals surface area contributed by atoms with Crippen LogP contribution in [0.1, 0.15) is 23.2 Å². The Balaban J connectivity index is 1.32. The van der Waals surface area contributed by atoms with Crippen LogP contribution in [-0.2, 0) is 14.8 Å². The van der Waals surface area contributed by atoms with E-state index in [4.69, 9.17) is 21.1 Å². The molecule has 2 N–H and O–H groups in total. The van der Waals surface area contributed by atoms with Crippen LogP contribution in [0.5, 0.6) is 5.75 Å². The highest BCUT2D eigenvalue weighted by Crippen LogP contribution is 2.23. The molecule has 0 radical (unpaired) electrons. The van der Waals surface area contributed by atoms with E-state index in [1.807, 2.05) is 42.5 Å². The summed E-state index contributed by atoms with van der Waals surface area (Å²) in [4.78, 5) is 12.4. The van der Waals surface area contributed by atoms with Crippen LogP contribution in [0.3, 0.4) is 0 Å². The molecule has 4 rings (SSSR count). The van der Waals surface area contributed by atoms with Crippen molar-refractivity contribution in [2.45, 2.75) is 23.8 Å². The Kier molecular flexibility index (Phi) is 7.49. The molecule has 33 heavy (non-hydrogen) atoms. The number of ether oxygens (including phenoxy) is 2. The van der Waals surface area contributed by atoms with Crippen LogP contribution in [0.15, 0.2) is 65.6 Å². The summed E-state index contributed by atoms with van der Waals surface area (Å²) >= 11 is 6.11. The standard InChI is InChI=1S/C24H25ClN2O5S/c25-22-10-8-19(15-23(22)33(29,30)27-16-21-6-3-12-31-21)24(28)26-11-13-32-20-9-7-17-4-1-2-5-18(17)14-20/h1-2,4-5,7-10,14-15,21,27H,3,6,11-13,16H2,(H,26,28). The lowest BCUT2D eigenvalue weighted by Gasteiger charge is -2.13. The van der Waals surface area contributed by atoms with Gasteiger partial charge in [-0.25, -0.2) is 13.1 Å². The molecule has 1 aliphatic rings. The molecule has 0 spiro atoms. The Morgan fingerprint density at radius 1 is 1.09 bits per heavy atom. The summed E-state index contributed by atoms with van der Waals surface area (Å²) in [6.07, 6.45) is 1.57. The molecule has 1 atom stereocenters. The van der Waals surface area contributed by atoms with Crippen molar-refractivity contribution in [3.05, 3.63) is 71.2 Å². The van der Waals surface area contributed by atoms with Gasteiger partial charge in [0.1, 0.15) is 17.3 Å². The second kappa shape index (κ2) is 10.5. The first-order chi connectivity index (χ1) is 15.9. The largest absolute Gasteiger partial charge is 0.492 e. The molecule has 9 heteroatoms. The normalized spacial score (nSPS) is 16.1. The van der Waals surface area contributed by atoms with Gasteiger partial charge in [0.2, 0.25) is 10.0 Å². The fraction of sp³-hybridized carbons (Fsp3) is 0.292. The first kappa shape index (κ1) is 23.5. The fourth-order valence-electron chi connectivity index (χ4n) is 3.63. The predicted molar refractivity (Wildman–Crippen MR) is 127 cm³/mol. The Bertz CT molecular complexity index is 1240. The van der Waals surface area contributed by atoms with E-state index in [0.717, 1.165) is 23.6 Å². The first-order valence-electron chi connectivity index (χ1n) is 10.7. The van der Waals surface area contributed by atoms with E-state index in [-0.39, 0.29) is 41.3 Å². The second-order valence-electron chi connectivity index (χ2n) is 7.75. The number of sulfonamides is 1. The fourth-order valence-corrected chi connectivity index (χ4v) is 5.22. The van der Waals surface area contributed by atoms with Crippen molar-refractivity contribution in [1.29, 1.82) is 0 Å². The number of rotatable bonds is 9. The molecule has 7 nitrogen and oxygen atoms in total. The minimum absolute atomic E-state index is 0.0472. The van der Waals surface area contributed by atoms with Gasteiger partial charge < -0.3 is 14.8 Å². The van der Waals surface area contributed by atoms with Crippen molar-refractivity contribution in [3.8, 4) is 5.75 Å². The molecule has 1 saturated heterocycles. The summed E-state index contributed by atoms with van der Waals surface area (Å²) in [5.41, 5.74) is 0.197. The quantitative estimate of drug-likeness (QED) is 0.447. The molecular weight excluding hydrogens is 464 g/mol. The second-order valence-corrected chi connectivity index (χ2v) is 9.89. The van der Waals surface area contributed by atoms with Gasteiger partial charge in [0.15, 0.2) is 0 Å². The van der Waals surface area contributed by atoms with E-state index in [2.05, 4.69) is 10.0 Å². The molecule has 0 saturated carbocycles. The van der Waals surface area contributed by atoms with Crippen LogP contribution in [0.25, 0.3) is 10.8 Å². The topological polar surface area (TPSA) is 93.7 Å². The molecule has 1 fully saturated rings. The summed E-state index contributed by atoms with van der Waals surface area (Å²) in [5.74, 6) is 0.296. The highest BCUT2D eigenvalue weighted by Gasteiger charge is 2.23. The number of carbonyl (C=O) groups is 1. The van der Waals surface area contributed by atoms with E-state index in [1.165, 1.54) is 18.2 Å². The van der Waals surface area contributed by atoms with E-state index < -0.39 is 15.9 Å².